The van der Waals surface area contributed by atoms with Crippen LogP contribution in [0.15, 0.2) is 97.1 Å². The zero-order chi connectivity index (χ0) is 39.0. The molecule has 0 amide bonds. The first kappa shape index (κ1) is 34.9. The highest BCUT2D eigenvalue weighted by molar-refractivity contribution is 6.34. The second-order valence-electron chi connectivity index (χ2n) is 13.0. The fraction of sp³-hybridized carbons (Fsp3) is 0.0426. The Morgan fingerprint density at radius 1 is 0.436 bits per heavy atom. The van der Waals surface area contributed by atoms with Gasteiger partial charge in [0.1, 0.15) is 30.1 Å². The van der Waals surface area contributed by atoms with Crippen LogP contribution in [0.4, 0.5) is 4.39 Å². The van der Waals surface area contributed by atoms with Gasteiger partial charge in [-0.25, -0.2) is 4.39 Å². The van der Waals surface area contributed by atoms with Gasteiger partial charge < -0.3 is 0 Å². The van der Waals surface area contributed by atoms with Crippen LogP contribution < -0.4 is 0 Å². The number of nitrogens with zero attached hydrogens (tertiary/aromatic N) is 7. The highest BCUT2D eigenvalue weighted by Crippen LogP contribution is 2.56. The van der Waals surface area contributed by atoms with Gasteiger partial charge in [-0.3, -0.25) is 0 Å². The number of nitriles is 7. The second kappa shape index (κ2) is 13.9. The first-order valence-corrected chi connectivity index (χ1v) is 16.8. The lowest BCUT2D eigenvalue weighted by molar-refractivity contribution is 0.627. The molecular formula is C47H22FN7. The van der Waals surface area contributed by atoms with Crippen molar-refractivity contribution in [3.05, 3.63) is 175 Å². The summed E-state index contributed by atoms with van der Waals surface area (Å²) in [7, 11) is 0. The number of rotatable bonds is 4. The maximum Gasteiger partial charge on any atom is 0.123 e. The third-order valence-corrected chi connectivity index (χ3v) is 9.63. The molecule has 0 aliphatic heterocycles. The molecule has 0 radical (unpaired) electrons. The first-order chi connectivity index (χ1) is 26.7. The Labute approximate surface area is 316 Å². The fourth-order valence-electron chi connectivity index (χ4n) is 7.30. The predicted octanol–water partition coefficient (Wildman–Crippen LogP) is 9.82. The van der Waals surface area contributed by atoms with Gasteiger partial charge in [0.05, 0.1) is 57.2 Å². The Bertz CT molecular complexity index is 2960. The fourth-order valence-corrected chi connectivity index (χ4v) is 7.30. The molecule has 252 valence electrons. The van der Waals surface area contributed by atoms with Gasteiger partial charge in [-0.2, -0.15) is 36.8 Å². The molecule has 7 rings (SSSR count). The SMILES string of the molecule is Cc1ccc(C2=C(C#N)c3cc4c(cc3/C2=C(\C#N)c2cc(C)cc(C#N)c2)/C(=C(\C#N)c2cc(C#N)cc(C#N)c2)C(c2ccc(F)cc2)=C4C#N)cc1. The summed E-state index contributed by atoms with van der Waals surface area (Å²) in [5.74, 6) is -0.509. The molecular weight excluding hydrogens is 682 g/mol. The van der Waals surface area contributed by atoms with Gasteiger partial charge >= 0.3 is 0 Å². The first-order valence-electron chi connectivity index (χ1n) is 16.8. The van der Waals surface area contributed by atoms with Gasteiger partial charge in [-0.1, -0.05) is 48.0 Å². The smallest absolute Gasteiger partial charge is 0.123 e. The minimum atomic E-state index is -0.509. The van der Waals surface area contributed by atoms with Gasteiger partial charge in [0.15, 0.2) is 0 Å². The standard InChI is InChI=1S/C47H22FN7/c1-26-3-5-31(6-4-26)44-42(24-54)36-17-37-39(18-38(36)46(44)40(22-52)33-12-27(2)11-28(14-33)19-49)47(45(43(37)25-55)32-7-9-35(48)10-8-32)41(23-53)34-15-29(20-50)13-30(16-34)21-51/h3-18H,1-2H3/b46-40-,47-41-. The van der Waals surface area contributed by atoms with E-state index >= 15 is 0 Å². The number of halogens is 1. The summed E-state index contributed by atoms with van der Waals surface area (Å²) in [5, 5.41) is 72.9. The largest absolute Gasteiger partial charge is 0.207 e. The quantitative estimate of drug-likeness (QED) is 0.168. The summed E-state index contributed by atoms with van der Waals surface area (Å²) >= 11 is 0. The van der Waals surface area contributed by atoms with Crippen LogP contribution in [0.1, 0.15) is 72.3 Å². The van der Waals surface area contributed by atoms with Crippen molar-refractivity contribution in [1.82, 2.24) is 0 Å². The molecule has 8 heteroatoms. The molecule has 7 nitrogen and oxygen atoms in total. The van der Waals surface area contributed by atoms with Crippen molar-refractivity contribution in [3.63, 3.8) is 0 Å². The minimum absolute atomic E-state index is 0.0491. The Hall–Kier alpha value is -8.58. The molecule has 0 N–H and O–H groups in total. The average Bonchev–Trinajstić information content (AvgIpc) is 3.69. The predicted molar refractivity (Wildman–Crippen MR) is 205 cm³/mol. The van der Waals surface area contributed by atoms with Crippen LogP contribution in [0.2, 0.25) is 0 Å². The third kappa shape index (κ3) is 5.81. The van der Waals surface area contributed by atoms with E-state index in [1.807, 2.05) is 50.3 Å². The van der Waals surface area contributed by atoms with E-state index in [4.69, 9.17) is 0 Å². The summed E-state index contributed by atoms with van der Waals surface area (Å²) in [5.41, 5.74) is 8.19. The topological polar surface area (TPSA) is 167 Å². The lowest BCUT2D eigenvalue weighted by Gasteiger charge is -2.15. The van der Waals surface area contributed by atoms with Crippen LogP contribution in [0.3, 0.4) is 0 Å². The van der Waals surface area contributed by atoms with Crippen LogP contribution in [-0.4, -0.2) is 0 Å². The van der Waals surface area contributed by atoms with Gasteiger partial charge in [-0.05, 0) is 107 Å². The molecule has 0 spiro atoms. The van der Waals surface area contributed by atoms with Crippen molar-refractivity contribution >= 4 is 44.6 Å². The molecule has 5 aromatic rings. The van der Waals surface area contributed by atoms with E-state index in [1.165, 1.54) is 42.5 Å². The van der Waals surface area contributed by atoms with E-state index in [0.717, 1.165) is 11.1 Å². The Morgan fingerprint density at radius 2 is 0.855 bits per heavy atom. The lowest BCUT2D eigenvalue weighted by Crippen LogP contribution is -1.98. The highest BCUT2D eigenvalue weighted by Gasteiger charge is 2.37. The number of hydrogen-bond acceptors (Lipinski definition) is 7. The van der Waals surface area contributed by atoms with E-state index in [2.05, 4.69) is 30.3 Å². The van der Waals surface area contributed by atoms with Crippen molar-refractivity contribution in [2.75, 3.05) is 0 Å². The van der Waals surface area contributed by atoms with E-state index < -0.39 is 5.82 Å². The minimum Gasteiger partial charge on any atom is -0.207 e. The molecule has 2 aliphatic rings. The van der Waals surface area contributed by atoms with Gasteiger partial charge in [0.25, 0.3) is 0 Å². The molecule has 0 bridgehead atoms. The summed E-state index contributed by atoms with van der Waals surface area (Å²) < 4.78 is 14.3. The summed E-state index contributed by atoms with van der Waals surface area (Å²) in [6.07, 6.45) is 0. The molecule has 0 atom stereocenters. The number of allylic oxidation sites excluding steroid dienone is 8. The number of aryl methyl sites for hydroxylation is 2. The molecule has 0 saturated carbocycles. The summed E-state index contributed by atoms with van der Waals surface area (Å²) in [6.45, 7) is 3.76. The van der Waals surface area contributed by atoms with Crippen LogP contribution in [0.5, 0.6) is 0 Å². The summed E-state index contributed by atoms with van der Waals surface area (Å²) in [6, 6.07) is 41.6. The Kier molecular flexibility index (Phi) is 8.78. The van der Waals surface area contributed by atoms with E-state index in [0.29, 0.717) is 66.8 Å². The van der Waals surface area contributed by atoms with Crippen LogP contribution in [0, 0.1) is 99.0 Å². The Morgan fingerprint density at radius 3 is 1.29 bits per heavy atom. The molecule has 0 unspecified atom stereocenters. The zero-order valence-corrected chi connectivity index (χ0v) is 29.2. The summed E-state index contributed by atoms with van der Waals surface area (Å²) in [4.78, 5) is 0. The highest BCUT2D eigenvalue weighted by atomic mass is 19.1. The number of benzene rings is 5. The molecule has 0 fully saturated rings. The van der Waals surface area contributed by atoms with Crippen molar-refractivity contribution in [1.29, 1.82) is 36.8 Å². The average molecular weight is 704 g/mol. The monoisotopic (exact) mass is 703 g/mol. The maximum atomic E-state index is 14.3. The number of fused-ring (bicyclic) bond motifs is 2. The molecule has 5 aromatic carbocycles. The van der Waals surface area contributed by atoms with Gasteiger partial charge in [-0.15, -0.1) is 0 Å². The molecule has 2 aliphatic carbocycles. The molecule has 0 saturated heterocycles. The van der Waals surface area contributed by atoms with E-state index in [-0.39, 0.29) is 39.0 Å². The van der Waals surface area contributed by atoms with E-state index in [9.17, 15) is 41.2 Å². The van der Waals surface area contributed by atoms with E-state index in [1.54, 1.807) is 30.3 Å². The number of hydrogen-bond donors (Lipinski definition) is 0. The van der Waals surface area contributed by atoms with Crippen molar-refractivity contribution in [2.45, 2.75) is 13.8 Å². The van der Waals surface area contributed by atoms with Crippen LogP contribution in [-0.2, 0) is 0 Å². The second-order valence-corrected chi connectivity index (χ2v) is 13.0. The normalized spacial score (nSPS) is 14.3. The van der Waals surface area contributed by atoms with Gasteiger partial charge in [0.2, 0.25) is 0 Å². The molecule has 0 aromatic heterocycles. The van der Waals surface area contributed by atoms with Gasteiger partial charge in [0, 0.05) is 33.4 Å². The lowest BCUT2D eigenvalue weighted by atomic mass is 9.85. The van der Waals surface area contributed by atoms with Crippen molar-refractivity contribution in [2.24, 2.45) is 0 Å². The van der Waals surface area contributed by atoms with Crippen LogP contribution >= 0.6 is 0 Å². The zero-order valence-electron chi connectivity index (χ0n) is 29.2. The maximum absolute atomic E-state index is 14.3. The van der Waals surface area contributed by atoms with Crippen molar-refractivity contribution < 1.29 is 4.39 Å². The Balaban J connectivity index is 1.66. The van der Waals surface area contributed by atoms with Crippen LogP contribution in [0.25, 0.3) is 44.6 Å². The third-order valence-electron chi connectivity index (χ3n) is 9.63. The molecule has 55 heavy (non-hydrogen) atoms. The molecule has 0 heterocycles. The van der Waals surface area contributed by atoms with Crippen molar-refractivity contribution in [3.8, 4) is 42.5 Å².